The maximum atomic E-state index is 9.45. The van der Waals surface area contributed by atoms with E-state index in [-0.39, 0.29) is 0 Å². The van der Waals surface area contributed by atoms with Crippen LogP contribution < -0.4 is 0 Å². The molecule has 3 heteroatoms. The molecule has 0 saturated carbocycles. The lowest BCUT2D eigenvalue weighted by molar-refractivity contribution is 1.18. The highest BCUT2D eigenvalue weighted by Gasteiger charge is 2.16. The zero-order valence-electron chi connectivity index (χ0n) is 28.7. The van der Waals surface area contributed by atoms with Crippen LogP contribution in [-0.4, -0.2) is 4.57 Å². The summed E-state index contributed by atoms with van der Waals surface area (Å²) in [6, 6.07) is 70.0. The fourth-order valence-corrected chi connectivity index (χ4v) is 7.37. The lowest BCUT2D eigenvalue weighted by Crippen LogP contribution is -1.96. The van der Waals surface area contributed by atoms with Crippen molar-refractivity contribution in [2.75, 3.05) is 0 Å². The molecular formula is C50H31N3. The van der Waals surface area contributed by atoms with Crippen LogP contribution in [0.15, 0.2) is 188 Å². The fourth-order valence-electron chi connectivity index (χ4n) is 7.37. The van der Waals surface area contributed by atoms with E-state index in [0.717, 1.165) is 50.1 Å². The van der Waals surface area contributed by atoms with Gasteiger partial charge in [0.05, 0.1) is 34.3 Å². The van der Waals surface area contributed by atoms with Gasteiger partial charge in [-0.05, 0) is 134 Å². The number of hydrogen-bond donors (Lipinski definition) is 0. The Bertz CT molecular complexity index is 2740. The van der Waals surface area contributed by atoms with Crippen molar-refractivity contribution in [1.29, 1.82) is 10.5 Å². The summed E-state index contributed by atoms with van der Waals surface area (Å²) < 4.78 is 2.35. The average molecular weight is 674 g/mol. The molecule has 0 atom stereocenters. The molecule has 0 aliphatic carbocycles. The van der Waals surface area contributed by atoms with Crippen LogP contribution in [0.5, 0.6) is 0 Å². The Morgan fingerprint density at radius 3 is 1.21 bits per heavy atom. The molecule has 9 rings (SSSR count). The van der Waals surface area contributed by atoms with Gasteiger partial charge < -0.3 is 4.57 Å². The SMILES string of the molecule is N#Cc1ccc(-c2cc(-c3ccc(C#N)cc3)cc(-n3c4ccccc4c4cc(-c5cc(-c6ccccc6)cc(-c6ccccc6)c5)ccc43)c2)cc1. The van der Waals surface area contributed by atoms with Crippen LogP contribution >= 0.6 is 0 Å². The Balaban J connectivity index is 1.25. The summed E-state index contributed by atoms with van der Waals surface area (Å²) in [6.45, 7) is 0. The lowest BCUT2D eigenvalue weighted by atomic mass is 9.93. The molecule has 53 heavy (non-hydrogen) atoms. The third kappa shape index (κ3) is 5.93. The normalized spacial score (nSPS) is 11.0. The van der Waals surface area contributed by atoms with Gasteiger partial charge in [0, 0.05) is 16.5 Å². The highest BCUT2D eigenvalue weighted by atomic mass is 15.0. The third-order valence-electron chi connectivity index (χ3n) is 10.0. The Morgan fingerprint density at radius 1 is 0.302 bits per heavy atom. The van der Waals surface area contributed by atoms with Gasteiger partial charge in [-0.15, -0.1) is 0 Å². The number of aromatic nitrogens is 1. The van der Waals surface area contributed by atoms with Crippen LogP contribution in [-0.2, 0) is 0 Å². The number of hydrogen-bond acceptors (Lipinski definition) is 2. The summed E-state index contributed by atoms with van der Waals surface area (Å²) >= 11 is 0. The number of benzene rings is 8. The fraction of sp³-hybridized carbons (Fsp3) is 0. The van der Waals surface area contributed by atoms with Crippen molar-refractivity contribution in [3.63, 3.8) is 0 Å². The van der Waals surface area contributed by atoms with Crippen LogP contribution in [0.2, 0.25) is 0 Å². The molecule has 0 unspecified atom stereocenters. The minimum Gasteiger partial charge on any atom is -0.309 e. The third-order valence-corrected chi connectivity index (χ3v) is 10.0. The number of nitrogens with zero attached hydrogens (tertiary/aromatic N) is 3. The molecule has 0 spiro atoms. The van der Waals surface area contributed by atoms with E-state index in [1.54, 1.807) is 0 Å². The highest BCUT2D eigenvalue weighted by Crippen LogP contribution is 2.39. The van der Waals surface area contributed by atoms with Gasteiger partial charge in [-0.3, -0.25) is 0 Å². The van der Waals surface area contributed by atoms with Crippen molar-refractivity contribution in [3.05, 3.63) is 199 Å². The predicted octanol–water partition coefficient (Wildman–Crippen LogP) is 12.9. The summed E-state index contributed by atoms with van der Waals surface area (Å²) in [6.07, 6.45) is 0. The summed E-state index contributed by atoms with van der Waals surface area (Å²) in [5.41, 5.74) is 15.7. The molecule has 0 bridgehead atoms. The molecule has 0 radical (unpaired) electrons. The van der Waals surface area contributed by atoms with Crippen LogP contribution in [0.4, 0.5) is 0 Å². The monoisotopic (exact) mass is 673 g/mol. The van der Waals surface area contributed by atoms with Crippen molar-refractivity contribution >= 4 is 21.8 Å². The number of para-hydroxylation sites is 1. The standard InChI is InChI=1S/C50H31N3/c51-32-34-15-19-38(20-16-34)44-28-45(39-21-17-35(33-52)18-22-39)30-46(29-44)53-49-14-8-7-13-47(49)48-31-40(23-24-50(48)53)43-26-41(36-9-3-1-4-10-36)25-42(27-43)37-11-5-2-6-12-37/h1-31H. The second kappa shape index (κ2) is 13.3. The van der Waals surface area contributed by atoms with Crippen molar-refractivity contribution in [3.8, 4) is 73.5 Å². The average Bonchev–Trinajstić information content (AvgIpc) is 3.58. The van der Waals surface area contributed by atoms with Crippen molar-refractivity contribution in [2.24, 2.45) is 0 Å². The second-order valence-electron chi connectivity index (χ2n) is 13.3. The van der Waals surface area contributed by atoms with Gasteiger partial charge >= 0.3 is 0 Å². The molecular weight excluding hydrogens is 643 g/mol. The molecule has 0 fully saturated rings. The predicted molar refractivity (Wildman–Crippen MR) is 217 cm³/mol. The molecule has 0 aliphatic rings. The Labute approximate surface area is 308 Å². The molecule has 0 saturated heterocycles. The van der Waals surface area contributed by atoms with Gasteiger partial charge in [-0.25, -0.2) is 0 Å². The summed E-state index contributed by atoms with van der Waals surface area (Å²) in [5.74, 6) is 0. The van der Waals surface area contributed by atoms with E-state index in [2.05, 4.69) is 156 Å². The summed E-state index contributed by atoms with van der Waals surface area (Å²) in [4.78, 5) is 0. The molecule has 8 aromatic carbocycles. The molecule has 0 amide bonds. The first-order valence-electron chi connectivity index (χ1n) is 17.6. The Hall–Kier alpha value is -7.46. The molecule has 0 aliphatic heterocycles. The number of fused-ring (bicyclic) bond motifs is 3. The summed E-state index contributed by atoms with van der Waals surface area (Å²) in [7, 11) is 0. The number of nitriles is 2. The zero-order valence-corrected chi connectivity index (χ0v) is 28.7. The first-order chi connectivity index (χ1) is 26.1. The van der Waals surface area contributed by atoms with Crippen molar-refractivity contribution in [2.45, 2.75) is 0 Å². The van der Waals surface area contributed by atoms with Gasteiger partial charge in [-0.2, -0.15) is 10.5 Å². The van der Waals surface area contributed by atoms with Gasteiger partial charge in [-0.1, -0.05) is 109 Å². The Morgan fingerprint density at radius 2 is 0.698 bits per heavy atom. The van der Waals surface area contributed by atoms with Crippen LogP contribution in [0.1, 0.15) is 11.1 Å². The first kappa shape index (κ1) is 31.5. The van der Waals surface area contributed by atoms with Crippen LogP contribution in [0, 0.1) is 22.7 Å². The maximum absolute atomic E-state index is 9.45. The highest BCUT2D eigenvalue weighted by molar-refractivity contribution is 6.10. The lowest BCUT2D eigenvalue weighted by Gasteiger charge is -2.15. The largest absolute Gasteiger partial charge is 0.309 e. The maximum Gasteiger partial charge on any atom is 0.0991 e. The second-order valence-corrected chi connectivity index (χ2v) is 13.3. The van der Waals surface area contributed by atoms with E-state index in [1.165, 1.54) is 33.0 Å². The van der Waals surface area contributed by atoms with E-state index >= 15 is 0 Å². The molecule has 3 nitrogen and oxygen atoms in total. The van der Waals surface area contributed by atoms with Crippen molar-refractivity contribution < 1.29 is 0 Å². The van der Waals surface area contributed by atoms with Gasteiger partial charge in [0.15, 0.2) is 0 Å². The number of rotatable bonds is 6. The van der Waals surface area contributed by atoms with Gasteiger partial charge in [0.1, 0.15) is 0 Å². The zero-order chi connectivity index (χ0) is 35.7. The molecule has 1 aromatic heterocycles. The summed E-state index contributed by atoms with van der Waals surface area (Å²) in [5, 5.41) is 21.3. The first-order valence-corrected chi connectivity index (χ1v) is 17.6. The Kier molecular flexibility index (Phi) is 7.94. The van der Waals surface area contributed by atoms with E-state index in [0.29, 0.717) is 11.1 Å². The quantitative estimate of drug-likeness (QED) is 0.176. The molecule has 1 heterocycles. The van der Waals surface area contributed by atoms with E-state index < -0.39 is 0 Å². The van der Waals surface area contributed by atoms with Crippen LogP contribution in [0.3, 0.4) is 0 Å². The van der Waals surface area contributed by atoms with E-state index in [9.17, 15) is 10.5 Å². The minimum atomic E-state index is 0.626. The van der Waals surface area contributed by atoms with Gasteiger partial charge in [0.25, 0.3) is 0 Å². The van der Waals surface area contributed by atoms with Gasteiger partial charge in [0.2, 0.25) is 0 Å². The van der Waals surface area contributed by atoms with E-state index in [4.69, 9.17) is 0 Å². The van der Waals surface area contributed by atoms with Crippen molar-refractivity contribution in [1.82, 2.24) is 4.57 Å². The molecule has 246 valence electrons. The minimum absolute atomic E-state index is 0.626. The van der Waals surface area contributed by atoms with E-state index in [1.807, 2.05) is 48.5 Å². The molecule has 0 N–H and O–H groups in total. The topological polar surface area (TPSA) is 52.5 Å². The van der Waals surface area contributed by atoms with Crippen LogP contribution in [0.25, 0.3) is 83.1 Å². The smallest absolute Gasteiger partial charge is 0.0991 e. The molecule has 9 aromatic rings.